The Kier molecular flexibility index (Phi) is 5.24. The van der Waals surface area contributed by atoms with Gasteiger partial charge in [-0.2, -0.15) is 0 Å². The molecule has 0 spiro atoms. The summed E-state index contributed by atoms with van der Waals surface area (Å²) in [5, 5.41) is 3.81. The van der Waals surface area contributed by atoms with Gasteiger partial charge in [0, 0.05) is 51.3 Å². The fourth-order valence-corrected chi connectivity index (χ4v) is 3.84. The van der Waals surface area contributed by atoms with Gasteiger partial charge in [0.2, 0.25) is 0 Å². The second kappa shape index (κ2) is 8.13. The van der Waals surface area contributed by atoms with Crippen LogP contribution >= 0.6 is 11.3 Å². The number of piperazine rings is 1. The molecule has 0 saturated carbocycles. The molecule has 1 aliphatic heterocycles. The van der Waals surface area contributed by atoms with Gasteiger partial charge in [-0.05, 0) is 23.8 Å². The minimum atomic E-state index is -0.102. The van der Waals surface area contributed by atoms with Gasteiger partial charge in [0.1, 0.15) is 10.7 Å². The van der Waals surface area contributed by atoms with Gasteiger partial charge in [0.05, 0.1) is 6.20 Å². The largest absolute Gasteiger partial charge is 0.353 e. The lowest BCUT2D eigenvalue weighted by Crippen LogP contribution is -2.46. The summed E-state index contributed by atoms with van der Waals surface area (Å²) >= 11 is 1.43. The minimum absolute atomic E-state index is 0.102. The summed E-state index contributed by atoms with van der Waals surface area (Å²) in [6.45, 7) is 3.96. The second-order valence-corrected chi connectivity index (χ2v) is 7.22. The van der Waals surface area contributed by atoms with Crippen LogP contribution in [0.25, 0.3) is 0 Å². The summed E-state index contributed by atoms with van der Waals surface area (Å²) in [4.78, 5) is 30.4. The number of thiazole rings is 1. The van der Waals surface area contributed by atoms with Crippen molar-refractivity contribution < 1.29 is 4.79 Å². The smallest absolute Gasteiger partial charge is 0.263 e. The Balaban J connectivity index is 1.32. The van der Waals surface area contributed by atoms with Gasteiger partial charge < -0.3 is 15.1 Å². The van der Waals surface area contributed by atoms with Crippen molar-refractivity contribution in [3.05, 3.63) is 65.6 Å². The third-order valence-electron chi connectivity index (χ3n) is 4.42. The molecule has 8 heteroatoms. The Morgan fingerprint density at radius 3 is 2.59 bits per heavy atom. The molecule has 27 heavy (non-hydrogen) atoms. The molecule has 0 bridgehead atoms. The van der Waals surface area contributed by atoms with Gasteiger partial charge in [0.15, 0.2) is 5.13 Å². The Morgan fingerprint density at radius 1 is 1.00 bits per heavy atom. The van der Waals surface area contributed by atoms with E-state index in [4.69, 9.17) is 0 Å². The maximum absolute atomic E-state index is 12.4. The second-order valence-electron chi connectivity index (χ2n) is 6.21. The van der Waals surface area contributed by atoms with Crippen molar-refractivity contribution in [1.29, 1.82) is 0 Å². The minimum Gasteiger partial charge on any atom is -0.353 e. The first-order valence-corrected chi connectivity index (χ1v) is 9.65. The van der Waals surface area contributed by atoms with Gasteiger partial charge in [-0.3, -0.25) is 9.78 Å². The zero-order valence-electron chi connectivity index (χ0n) is 14.8. The fourth-order valence-electron chi connectivity index (χ4n) is 2.96. The van der Waals surface area contributed by atoms with E-state index in [1.54, 1.807) is 18.6 Å². The van der Waals surface area contributed by atoms with Crippen molar-refractivity contribution in [1.82, 2.24) is 20.3 Å². The highest BCUT2D eigenvalue weighted by atomic mass is 32.1. The molecular formula is C19H20N6OS. The Hall–Kier alpha value is -3.00. The number of hydrogen-bond acceptors (Lipinski definition) is 7. The Morgan fingerprint density at radius 2 is 1.85 bits per heavy atom. The van der Waals surface area contributed by atoms with Crippen molar-refractivity contribution >= 4 is 28.2 Å². The van der Waals surface area contributed by atoms with E-state index in [0.717, 1.165) is 42.7 Å². The van der Waals surface area contributed by atoms with Crippen LogP contribution in [0.3, 0.4) is 0 Å². The average molecular weight is 380 g/mol. The summed E-state index contributed by atoms with van der Waals surface area (Å²) < 4.78 is 0. The number of hydrogen-bond donors (Lipinski definition) is 1. The highest BCUT2D eigenvalue weighted by Gasteiger charge is 2.21. The van der Waals surface area contributed by atoms with Crippen LogP contribution in [0.5, 0.6) is 0 Å². The lowest BCUT2D eigenvalue weighted by molar-refractivity contribution is 0.0954. The molecular weight excluding hydrogens is 360 g/mol. The molecule has 138 valence electrons. The molecule has 1 saturated heterocycles. The number of carbonyl (C=O) groups is 1. The normalized spacial score (nSPS) is 14.2. The quantitative estimate of drug-likeness (QED) is 0.731. The number of anilines is 2. The van der Waals surface area contributed by atoms with Gasteiger partial charge >= 0.3 is 0 Å². The van der Waals surface area contributed by atoms with Crippen LogP contribution in [0.4, 0.5) is 10.9 Å². The van der Waals surface area contributed by atoms with Crippen molar-refractivity contribution in [3.8, 4) is 0 Å². The summed E-state index contributed by atoms with van der Waals surface area (Å²) in [5.74, 6) is 0.904. The standard InChI is InChI=1S/C19H20N6OS/c26-18(22-13-15-4-3-6-20-12-15)16-14-23-19(27-16)25-10-8-24(9-11-25)17-5-1-2-7-21-17/h1-7,12,14H,8-11,13H2,(H,22,26). The highest BCUT2D eigenvalue weighted by Crippen LogP contribution is 2.24. The molecule has 3 aromatic heterocycles. The molecule has 1 fully saturated rings. The van der Waals surface area contributed by atoms with Gasteiger partial charge in [-0.15, -0.1) is 0 Å². The molecule has 1 N–H and O–H groups in total. The molecule has 0 aliphatic carbocycles. The molecule has 0 unspecified atom stereocenters. The SMILES string of the molecule is O=C(NCc1cccnc1)c1cnc(N2CCN(c3ccccn3)CC2)s1. The molecule has 0 atom stereocenters. The molecule has 3 aromatic rings. The first-order valence-electron chi connectivity index (χ1n) is 8.83. The number of pyridine rings is 2. The van der Waals surface area contributed by atoms with E-state index in [-0.39, 0.29) is 5.91 Å². The molecule has 0 radical (unpaired) electrons. The lowest BCUT2D eigenvalue weighted by Gasteiger charge is -2.35. The zero-order valence-corrected chi connectivity index (χ0v) is 15.6. The van der Waals surface area contributed by atoms with Gasteiger partial charge in [-0.25, -0.2) is 9.97 Å². The van der Waals surface area contributed by atoms with E-state index in [0.29, 0.717) is 11.4 Å². The topological polar surface area (TPSA) is 74.2 Å². The number of amides is 1. The van der Waals surface area contributed by atoms with Crippen molar-refractivity contribution in [2.45, 2.75) is 6.54 Å². The molecule has 4 rings (SSSR count). The summed E-state index contributed by atoms with van der Waals surface area (Å²) in [6, 6.07) is 9.76. The van der Waals surface area contributed by atoms with Crippen molar-refractivity contribution in [2.75, 3.05) is 36.0 Å². The summed E-state index contributed by atoms with van der Waals surface area (Å²) in [6.07, 6.45) is 6.94. The Bertz CT molecular complexity index is 877. The molecule has 1 aliphatic rings. The Labute approximate surface area is 161 Å². The molecule has 7 nitrogen and oxygen atoms in total. The van der Waals surface area contributed by atoms with E-state index in [2.05, 4.69) is 30.1 Å². The molecule has 4 heterocycles. The van der Waals surface area contributed by atoms with Gasteiger partial charge in [0.25, 0.3) is 5.91 Å². The van der Waals surface area contributed by atoms with Gasteiger partial charge in [-0.1, -0.05) is 23.5 Å². The zero-order chi connectivity index (χ0) is 18.5. The van der Waals surface area contributed by atoms with Crippen LogP contribution < -0.4 is 15.1 Å². The average Bonchev–Trinajstić information content (AvgIpc) is 3.24. The number of carbonyl (C=O) groups excluding carboxylic acids is 1. The van der Waals surface area contributed by atoms with Crippen LogP contribution in [0, 0.1) is 0 Å². The van der Waals surface area contributed by atoms with Crippen molar-refractivity contribution in [2.24, 2.45) is 0 Å². The van der Waals surface area contributed by atoms with Crippen LogP contribution in [-0.4, -0.2) is 47.0 Å². The van der Waals surface area contributed by atoms with Crippen LogP contribution in [0.2, 0.25) is 0 Å². The third-order valence-corrected chi connectivity index (χ3v) is 5.47. The van der Waals surface area contributed by atoms with E-state index in [9.17, 15) is 4.79 Å². The fraction of sp³-hybridized carbons (Fsp3) is 0.263. The maximum Gasteiger partial charge on any atom is 0.263 e. The predicted molar refractivity (Wildman–Crippen MR) is 106 cm³/mol. The first-order chi connectivity index (χ1) is 13.3. The first kappa shape index (κ1) is 17.4. The van der Waals surface area contributed by atoms with Crippen LogP contribution in [0.1, 0.15) is 15.2 Å². The predicted octanol–water partition coefficient (Wildman–Crippen LogP) is 2.19. The lowest BCUT2D eigenvalue weighted by atomic mass is 10.3. The number of aromatic nitrogens is 3. The number of rotatable bonds is 5. The van der Waals surface area contributed by atoms with Crippen molar-refractivity contribution in [3.63, 3.8) is 0 Å². The summed E-state index contributed by atoms with van der Waals surface area (Å²) in [7, 11) is 0. The highest BCUT2D eigenvalue weighted by molar-refractivity contribution is 7.17. The van der Waals surface area contributed by atoms with E-state index < -0.39 is 0 Å². The maximum atomic E-state index is 12.4. The summed E-state index contributed by atoms with van der Waals surface area (Å²) in [5.41, 5.74) is 0.973. The number of nitrogens with zero attached hydrogens (tertiary/aromatic N) is 5. The van der Waals surface area contributed by atoms with E-state index >= 15 is 0 Å². The number of nitrogens with one attached hydrogen (secondary N) is 1. The third kappa shape index (κ3) is 4.22. The molecule has 0 aromatic carbocycles. The van der Waals surface area contributed by atoms with Crippen LogP contribution in [-0.2, 0) is 6.54 Å². The molecule has 1 amide bonds. The van der Waals surface area contributed by atoms with Crippen LogP contribution in [0.15, 0.2) is 55.1 Å². The van der Waals surface area contributed by atoms with E-state index in [1.165, 1.54) is 11.3 Å². The monoisotopic (exact) mass is 380 g/mol. The van der Waals surface area contributed by atoms with E-state index in [1.807, 2.05) is 36.5 Å².